The minimum Gasteiger partial charge on any atom is -0.480 e. The van der Waals surface area contributed by atoms with Gasteiger partial charge in [0.1, 0.15) is 18.8 Å². The van der Waals surface area contributed by atoms with Crippen LogP contribution in [0.1, 0.15) is 234 Å². The molecule has 0 aliphatic heterocycles. The summed E-state index contributed by atoms with van der Waals surface area (Å²) in [6.45, 7) is 70.6. The van der Waals surface area contributed by atoms with Gasteiger partial charge in [-0.3, -0.25) is 0 Å². The summed E-state index contributed by atoms with van der Waals surface area (Å²) in [5, 5.41) is 9.66. The second-order valence-corrected chi connectivity index (χ2v) is 55.0. The molecular weight excluding hydrogens is 1210 g/mol. The lowest BCUT2D eigenvalue weighted by atomic mass is 9.63. The molecule has 0 aromatic carbocycles. The molecule has 0 aromatic rings. The van der Waals surface area contributed by atoms with Crippen molar-refractivity contribution in [2.45, 2.75) is 349 Å². The van der Waals surface area contributed by atoms with E-state index in [0.717, 1.165) is 114 Å². The number of carboxylic acids is 1. The van der Waals surface area contributed by atoms with Crippen LogP contribution in [0.15, 0.2) is 94.2 Å². The van der Waals surface area contributed by atoms with Crippen LogP contribution in [0.25, 0.3) is 0 Å². The topological polar surface area (TPSA) is 119 Å². The third-order valence-corrected chi connectivity index (χ3v) is 42.3. The average molecular weight is 1350 g/mol. The van der Waals surface area contributed by atoms with Crippen LogP contribution in [0, 0.1) is 22.7 Å². The van der Waals surface area contributed by atoms with Crippen molar-refractivity contribution in [1.82, 2.24) is 0 Å². The highest BCUT2D eigenvalue weighted by Crippen LogP contribution is 2.58. The van der Waals surface area contributed by atoms with Crippen LogP contribution in [0.2, 0.25) is 72.5 Å². The second-order valence-electron chi connectivity index (χ2n) is 36.0. The molecule has 10 atom stereocenters. The predicted octanol–water partition coefficient (Wildman–Crippen LogP) is 22.0. The number of esters is 1. The van der Waals surface area contributed by atoms with Crippen molar-refractivity contribution in [2.75, 3.05) is 13.2 Å². The van der Waals surface area contributed by atoms with E-state index in [4.69, 9.17) is 37.0 Å². The molecule has 0 bridgehead atoms. The zero-order valence-electron chi connectivity index (χ0n) is 63.8. The summed E-state index contributed by atoms with van der Waals surface area (Å²) >= 11 is 0. The normalized spacial score (nSPS) is 29.0. The molecule has 524 valence electrons. The van der Waals surface area contributed by atoms with Gasteiger partial charge in [-0.1, -0.05) is 177 Å². The molecule has 4 saturated carbocycles. The molecule has 4 fully saturated rings. The van der Waals surface area contributed by atoms with Crippen LogP contribution in [0.4, 0.5) is 0 Å². The van der Waals surface area contributed by atoms with Crippen LogP contribution in [-0.4, -0.2) is 106 Å². The molecule has 92 heavy (non-hydrogen) atoms. The largest absolute Gasteiger partial charge is 0.480 e. The van der Waals surface area contributed by atoms with Gasteiger partial charge >= 0.3 is 11.9 Å². The Morgan fingerprint density at radius 3 is 1.28 bits per heavy atom. The number of hydrogen-bond donors (Lipinski definition) is 1. The van der Waals surface area contributed by atoms with Gasteiger partial charge in [0.15, 0.2) is 33.3 Å². The Hall–Kier alpha value is -2.51. The van der Waals surface area contributed by atoms with Crippen molar-refractivity contribution in [2.24, 2.45) is 22.7 Å². The Bertz CT molecular complexity index is 2780. The zero-order valence-corrected chi connectivity index (χ0v) is 67.8. The maximum atomic E-state index is 12.8. The minimum atomic E-state index is -2.02. The number of carbonyl (C=O) groups is 2. The maximum Gasteiger partial charge on any atom is 0.332 e. The number of rotatable bonds is 23. The van der Waals surface area contributed by atoms with Gasteiger partial charge in [-0.25, -0.2) is 9.59 Å². The maximum absolute atomic E-state index is 12.8. The molecule has 1 N–H and O–H groups in total. The van der Waals surface area contributed by atoms with Crippen LogP contribution < -0.4 is 0 Å². The second kappa shape index (κ2) is 30.7. The van der Waals surface area contributed by atoms with Gasteiger partial charge in [0.25, 0.3) is 0 Å². The molecule has 1 unspecified atom stereocenters. The first-order valence-corrected chi connectivity index (χ1v) is 47.5. The first-order chi connectivity index (χ1) is 41.9. The molecule has 0 amide bonds. The molecule has 6 rings (SSSR count). The van der Waals surface area contributed by atoms with Crippen molar-refractivity contribution in [1.29, 1.82) is 0 Å². The summed E-state index contributed by atoms with van der Waals surface area (Å²) in [6, 6.07) is 0. The summed E-state index contributed by atoms with van der Waals surface area (Å²) in [5.41, 5.74) is 9.96. The van der Waals surface area contributed by atoms with Gasteiger partial charge in [-0.05, 0) is 233 Å². The number of ether oxygens (including phenoxy) is 3. The van der Waals surface area contributed by atoms with E-state index in [0.29, 0.717) is 11.8 Å². The van der Waals surface area contributed by atoms with Crippen molar-refractivity contribution in [3.05, 3.63) is 94.2 Å². The monoisotopic (exact) mass is 1340 g/mol. The fourth-order valence-corrected chi connectivity index (χ4v) is 19.6. The van der Waals surface area contributed by atoms with E-state index < -0.39 is 44.8 Å². The molecule has 10 nitrogen and oxygen atoms in total. The summed E-state index contributed by atoms with van der Waals surface area (Å²) < 4.78 is 46.0. The predicted molar refractivity (Wildman–Crippen MR) is 396 cm³/mol. The number of hydrogen-bond acceptors (Lipinski definition) is 9. The van der Waals surface area contributed by atoms with Gasteiger partial charge in [0.2, 0.25) is 0 Å². The van der Waals surface area contributed by atoms with E-state index in [1.807, 2.05) is 20.8 Å². The molecule has 0 heterocycles. The molecule has 6 aliphatic rings. The van der Waals surface area contributed by atoms with Crippen molar-refractivity contribution >= 4 is 45.2 Å². The van der Waals surface area contributed by atoms with Crippen LogP contribution in [0.3, 0.4) is 0 Å². The first-order valence-electron chi connectivity index (χ1n) is 35.9. The SMILES string of the molecule is C=C1C(=CC=C2CCC[C@]3(C)C([C@H](C)OCC(=O)O)=CCC23)C[C@@H](O[Si](C)(C)C(C)(C)C)C[C@@H]1O[Si](C)(C)C(C)(C)C.C=C1C(=CC=C2CCC[C@]3(C)C([C@H](C)OCC(=O)OC(C)(C)CCCCC)=CC[C@@H]23)C[C@@H](O[Si](C)(C)C(C)(C)C)C[C@@H]1O[Si](C)(C)C(C)(C)C. The molecular formula is C78H136O10Si4. The molecule has 6 aliphatic carbocycles. The highest BCUT2D eigenvalue weighted by Gasteiger charge is 2.50. The highest BCUT2D eigenvalue weighted by atomic mass is 28.4. The number of fused-ring (bicyclic) bond motifs is 2. The van der Waals surface area contributed by atoms with E-state index >= 15 is 0 Å². The highest BCUT2D eigenvalue weighted by molar-refractivity contribution is 6.75. The number of allylic oxidation sites excluding steroid dienone is 8. The lowest BCUT2D eigenvalue weighted by molar-refractivity contribution is -0.163. The summed E-state index contributed by atoms with van der Waals surface area (Å²) in [6.07, 6.45) is 30.6. The number of carbonyl (C=O) groups excluding carboxylic acids is 1. The third kappa shape index (κ3) is 20.1. The fraction of sp³-hybridized carbons (Fsp3) is 0.769. The van der Waals surface area contributed by atoms with Crippen LogP contribution in [0.5, 0.6) is 0 Å². The van der Waals surface area contributed by atoms with E-state index in [2.05, 4.69) is 213 Å². The molecule has 0 saturated heterocycles. The van der Waals surface area contributed by atoms with E-state index in [1.165, 1.54) is 33.4 Å². The van der Waals surface area contributed by atoms with Gasteiger partial charge in [0.05, 0.1) is 36.6 Å². The van der Waals surface area contributed by atoms with Crippen LogP contribution in [-0.2, 0) is 41.5 Å². The van der Waals surface area contributed by atoms with Gasteiger partial charge < -0.3 is 37.0 Å². The summed E-state index contributed by atoms with van der Waals surface area (Å²) in [5.74, 6) is -0.329. The number of aliphatic carboxylic acids is 1. The Kier molecular flexibility index (Phi) is 26.8. The fourth-order valence-electron chi connectivity index (χ4n) is 14.3. The zero-order chi connectivity index (χ0) is 69.8. The number of carboxylic acid groups (broad SMARTS) is 1. The summed E-state index contributed by atoms with van der Waals surface area (Å²) in [4.78, 5) is 23.9. The Labute approximate surface area is 567 Å². The Balaban J connectivity index is 0.000000339. The lowest BCUT2D eigenvalue weighted by Crippen LogP contribution is -2.49. The van der Waals surface area contributed by atoms with Gasteiger partial charge in [0, 0.05) is 12.8 Å². The smallest absolute Gasteiger partial charge is 0.332 e. The Morgan fingerprint density at radius 1 is 0.576 bits per heavy atom. The van der Waals surface area contributed by atoms with Crippen LogP contribution >= 0.6 is 0 Å². The minimum absolute atomic E-state index is 0.00599. The molecule has 0 spiro atoms. The van der Waals surface area contributed by atoms with E-state index in [-0.39, 0.29) is 86.8 Å². The third-order valence-electron chi connectivity index (χ3n) is 24.2. The Morgan fingerprint density at radius 2 is 0.935 bits per heavy atom. The van der Waals surface area contributed by atoms with E-state index in [9.17, 15) is 9.59 Å². The summed E-state index contributed by atoms with van der Waals surface area (Å²) in [7, 11) is -7.95. The molecule has 14 heteroatoms. The first kappa shape index (κ1) is 80.2. The van der Waals surface area contributed by atoms with Gasteiger partial charge in [-0.2, -0.15) is 0 Å². The molecule has 0 aromatic heterocycles. The number of unbranched alkanes of at least 4 members (excludes halogenated alkanes) is 2. The van der Waals surface area contributed by atoms with Gasteiger partial charge in [-0.15, -0.1) is 0 Å². The van der Waals surface area contributed by atoms with Crippen molar-refractivity contribution < 1.29 is 46.6 Å². The van der Waals surface area contributed by atoms with E-state index in [1.54, 1.807) is 0 Å². The van der Waals surface area contributed by atoms with Crippen molar-refractivity contribution in [3.63, 3.8) is 0 Å². The lowest BCUT2D eigenvalue weighted by Gasteiger charge is -2.45. The average Bonchev–Trinajstić information content (AvgIpc) is 1.57. The van der Waals surface area contributed by atoms with Crippen molar-refractivity contribution in [3.8, 4) is 0 Å². The molecule has 0 radical (unpaired) electrons. The quantitative estimate of drug-likeness (QED) is 0.0458. The standard InChI is InChI=1S/C43H76O5Si2.C35H60O5Si2/c1-17-18-19-26-42(10,11)46-39(44)30-45-32(3)36-24-25-37-33(21-20-27-43(36,37)12)22-23-34-28-35(47-49(13,14)40(4,5)6)29-38(31(34)2)48-50(15,16)41(7,8)9;1-24-27(17-16-26-15-14-20-35(9)29(18-19-30(26)35)25(2)38-23-32(36)37)21-28(39-41(10,11)33(3,4)5)22-31(24)40-42(12,13)34(6,7)8/h22-24,32,35,37-38H,2,17-21,25-30H2,1,3-16H3;16-18,25,28,30-31H,1,14-15,19-23H2,2-13H3,(H,36,37)/t32-,35+,37-,38-,43+;25-,28+,30?,31-,35+/m00/s1.